The molecule has 4 rings (SSSR count). The van der Waals surface area contributed by atoms with Crippen LogP contribution < -0.4 is 0 Å². The van der Waals surface area contributed by atoms with Crippen molar-refractivity contribution in [2.75, 3.05) is 59.4 Å². The number of likely N-dealkylation sites (tertiary alicyclic amines) is 2. The van der Waals surface area contributed by atoms with Gasteiger partial charge in [0.05, 0.1) is 0 Å². The van der Waals surface area contributed by atoms with Crippen molar-refractivity contribution in [1.82, 2.24) is 14.7 Å². The van der Waals surface area contributed by atoms with Gasteiger partial charge in [0.2, 0.25) is 0 Å². The van der Waals surface area contributed by atoms with Crippen molar-refractivity contribution in [2.45, 2.75) is 12.8 Å². The highest BCUT2D eigenvalue weighted by Crippen LogP contribution is 2.51. The third-order valence-electron chi connectivity index (χ3n) is 5.71. The summed E-state index contributed by atoms with van der Waals surface area (Å²) in [5.41, 5.74) is 1.69. The molecule has 0 amide bonds. The van der Waals surface area contributed by atoms with Crippen LogP contribution in [0.3, 0.4) is 0 Å². The van der Waals surface area contributed by atoms with Gasteiger partial charge in [-0.15, -0.1) is 0 Å². The second kappa shape index (κ2) is 4.87. The molecule has 3 heterocycles. The monoisotopic (exact) mass is 261 g/mol. The van der Waals surface area contributed by atoms with Crippen LogP contribution in [0.2, 0.25) is 0 Å². The summed E-state index contributed by atoms with van der Waals surface area (Å²) in [5.74, 6) is 3.09. The average molecular weight is 261 g/mol. The molecule has 19 heavy (non-hydrogen) atoms. The lowest BCUT2D eigenvalue weighted by molar-refractivity contribution is 0.274. The number of piperidine rings is 1. The fourth-order valence-electron chi connectivity index (χ4n) is 4.59. The first-order valence-corrected chi connectivity index (χ1v) is 8.11. The fraction of sp³-hybridized carbons (Fsp3) is 0.875. The normalized spacial score (nSPS) is 39.8. The Morgan fingerprint density at radius 2 is 1.84 bits per heavy atom. The quantitative estimate of drug-likeness (QED) is 0.703. The van der Waals surface area contributed by atoms with Gasteiger partial charge in [0.25, 0.3) is 0 Å². The molecule has 3 aliphatic heterocycles. The summed E-state index contributed by atoms with van der Waals surface area (Å²) in [5, 5.41) is 0. The molecular weight excluding hydrogens is 234 g/mol. The van der Waals surface area contributed by atoms with Crippen LogP contribution in [0.5, 0.6) is 0 Å². The van der Waals surface area contributed by atoms with Gasteiger partial charge >= 0.3 is 0 Å². The summed E-state index contributed by atoms with van der Waals surface area (Å²) in [4.78, 5) is 7.83. The van der Waals surface area contributed by atoms with Crippen molar-refractivity contribution < 1.29 is 0 Å². The second-order valence-corrected chi connectivity index (χ2v) is 7.25. The molecule has 1 aliphatic carbocycles. The number of nitrogens with zero attached hydrogens (tertiary/aromatic N) is 3. The van der Waals surface area contributed by atoms with E-state index >= 15 is 0 Å². The molecule has 3 nitrogen and oxygen atoms in total. The van der Waals surface area contributed by atoms with Crippen LogP contribution in [0.25, 0.3) is 0 Å². The number of fused-ring (bicyclic) bond motifs is 1. The third-order valence-corrected chi connectivity index (χ3v) is 5.71. The van der Waals surface area contributed by atoms with Crippen LogP contribution >= 0.6 is 0 Å². The zero-order valence-corrected chi connectivity index (χ0v) is 12.2. The molecule has 2 unspecified atom stereocenters. The second-order valence-electron chi connectivity index (χ2n) is 7.25. The number of rotatable bonds is 4. The van der Waals surface area contributed by atoms with Gasteiger partial charge in [0, 0.05) is 39.3 Å². The molecule has 2 atom stereocenters. The molecule has 0 aromatic carbocycles. The summed E-state index contributed by atoms with van der Waals surface area (Å²) in [6, 6.07) is 0. The van der Waals surface area contributed by atoms with Crippen LogP contribution in [0, 0.1) is 17.8 Å². The van der Waals surface area contributed by atoms with Crippen molar-refractivity contribution in [1.29, 1.82) is 0 Å². The highest BCUT2D eigenvalue weighted by atomic mass is 15.2. The Labute approximate surface area is 117 Å². The maximum absolute atomic E-state index is 2.69. The van der Waals surface area contributed by atoms with E-state index in [4.69, 9.17) is 0 Å². The lowest BCUT2D eigenvalue weighted by atomic mass is 10.2. The SMILES string of the molecule is CN1CC2C(C1)C2CN1CC=C(CN2CCCC2)C1. The van der Waals surface area contributed by atoms with E-state index in [2.05, 4.69) is 27.8 Å². The Morgan fingerprint density at radius 3 is 2.58 bits per heavy atom. The minimum Gasteiger partial charge on any atom is -0.306 e. The van der Waals surface area contributed by atoms with E-state index in [0.717, 1.165) is 17.8 Å². The molecule has 106 valence electrons. The summed E-state index contributed by atoms with van der Waals surface area (Å²) in [7, 11) is 2.27. The predicted octanol–water partition coefficient (Wildman–Crippen LogP) is 1.13. The van der Waals surface area contributed by atoms with Crippen molar-refractivity contribution in [3.63, 3.8) is 0 Å². The summed E-state index contributed by atoms with van der Waals surface area (Å²) < 4.78 is 0. The molecular formula is C16H27N3. The van der Waals surface area contributed by atoms with Gasteiger partial charge in [0.1, 0.15) is 0 Å². The van der Waals surface area contributed by atoms with E-state index in [-0.39, 0.29) is 0 Å². The topological polar surface area (TPSA) is 9.72 Å². The zero-order chi connectivity index (χ0) is 12.8. The smallest absolute Gasteiger partial charge is 0.0209 e. The molecule has 0 spiro atoms. The largest absolute Gasteiger partial charge is 0.306 e. The molecule has 0 aromatic heterocycles. The highest BCUT2D eigenvalue weighted by Gasteiger charge is 2.54. The maximum Gasteiger partial charge on any atom is 0.0209 e. The molecule has 0 aromatic rings. The molecule has 3 heteroatoms. The van der Waals surface area contributed by atoms with Crippen molar-refractivity contribution in [3.8, 4) is 0 Å². The van der Waals surface area contributed by atoms with Gasteiger partial charge in [-0.05, 0) is 56.3 Å². The minimum atomic E-state index is 1.02. The first-order valence-electron chi connectivity index (χ1n) is 8.11. The summed E-state index contributed by atoms with van der Waals surface area (Å²) in [6.45, 7) is 10.5. The Balaban J connectivity index is 1.21. The maximum atomic E-state index is 2.69. The molecule has 0 bridgehead atoms. The van der Waals surface area contributed by atoms with E-state index in [1.54, 1.807) is 5.57 Å². The standard InChI is InChI=1S/C16H27N3/c1-17-10-14-15(11-17)16(14)12-19-7-4-13(9-19)8-18-5-2-3-6-18/h4,14-16H,2-3,5-12H2,1H3. The Bertz CT molecular complexity index is 360. The van der Waals surface area contributed by atoms with Gasteiger partial charge in [-0.2, -0.15) is 0 Å². The van der Waals surface area contributed by atoms with Crippen molar-refractivity contribution in [3.05, 3.63) is 11.6 Å². The Morgan fingerprint density at radius 1 is 1.11 bits per heavy atom. The highest BCUT2D eigenvalue weighted by molar-refractivity contribution is 5.15. The van der Waals surface area contributed by atoms with Gasteiger partial charge in [0.15, 0.2) is 0 Å². The van der Waals surface area contributed by atoms with Crippen LogP contribution in [-0.4, -0.2) is 74.1 Å². The first-order chi connectivity index (χ1) is 9.29. The minimum absolute atomic E-state index is 1.02. The Kier molecular flexibility index (Phi) is 3.17. The van der Waals surface area contributed by atoms with Crippen LogP contribution in [0.15, 0.2) is 11.6 Å². The van der Waals surface area contributed by atoms with E-state index in [9.17, 15) is 0 Å². The van der Waals surface area contributed by atoms with Crippen LogP contribution in [0.4, 0.5) is 0 Å². The Hall–Kier alpha value is -0.380. The summed E-state index contributed by atoms with van der Waals surface area (Å²) >= 11 is 0. The van der Waals surface area contributed by atoms with Crippen molar-refractivity contribution >= 4 is 0 Å². The lowest BCUT2D eigenvalue weighted by Gasteiger charge is -2.20. The predicted molar refractivity (Wildman–Crippen MR) is 78.2 cm³/mol. The van der Waals surface area contributed by atoms with Gasteiger partial charge < -0.3 is 4.90 Å². The van der Waals surface area contributed by atoms with Gasteiger partial charge in [-0.3, -0.25) is 9.80 Å². The third kappa shape index (κ3) is 2.48. The molecule has 2 saturated heterocycles. The van der Waals surface area contributed by atoms with Crippen LogP contribution in [-0.2, 0) is 0 Å². The van der Waals surface area contributed by atoms with E-state index in [1.807, 2.05) is 0 Å². The first kappa shape index (κ1) is 12.4. The lowest BCUT2D eigenvalue weighted by Crippen LogP contribution is -2.29. The van der Waals surface area contributed by atoms with Gasteiger partial charge in [-0.25, -0.2) is 0 Å². The number of hydrogen-bond donors (Lipinski definition) is 0. The molecule has 3 fully saturated rings. The summed E-state index contributed by atoms with van der Waals surface area (Å²) in [6.07, 6.45) is 5.33. The van der Waals surface area contributed by atoms with E-state index < -0.39 is 0 Å². The number of hydrogen-bond acceptors (Lipinski definition) is 3. The molecule has 0 radical (unpaired) electrons. The van der Waals surface area contributed by atoms with E-state index in [0.29, 0.717) is 0 Å². The molecule has 0 N–H and O–H groups in total. The zero-order valence-electron chi connectivity index (χ0n) is 12.2. The molecule has 1 saturated carbocycles. The fourth-order valence-corrected chi connectivity index (χ4v) is 4.59. The van der Waals surface area contributed by atoms with E-state index in [1.165, 1.54) is 65.2 Å². The van der Waals surface area contributed by atoms with Crippen molar-refractivity contribution in [2.24, 2.45) is 17.8 Å². The van der Waals surface area contributed by atoms with Gasteiger partial charge in [-0.1, -0.05) is 6.08 Å². The average Bonchev–Trinajstić information content (AvgIpc) is 2.91. The van der Waals surface area contributed by atoms with Crippen LogP contribution in [0.1, 0.15) is 12.8 Å². The molecule has 4 aliphatic rings.